The fraction of sp³-hybridized carbons (Fsp3) is 1.00. The molecule has 1 unspecified atom stereocenters. The van der Waals surface area contributed by atoms with Crippen LogP contribution in [0, 0.1) is 11.3 Å². The van der Waals surface area contributed by atoms with Crippen molar-refractivity contribution in [3.63, 3.8) is 0 Å². The molecule has 0 amide bonds. The summed E-state index contributed by atoms with van der Waals surface area (Å²) in [5.41, 5.74) is 0.418. The van der Waals surface area contributed by atoms with E-state index in [4.69, 9.17) is 0 Å². The van der Waals surface area contributed by atoms with Crippen LogP contribution in [0.4, 0.5) is 0 Å². The number of hydrogen-bond acceptors (Lipinski definition) is 1. The van der Waals surface area contributed by atoms with E-state index in [9.17, 15) is 0 Å². The Labute approximate surface area is 89.9 Å². The van der Waals surface area contributed by atoms with Gasteiger partial charge in [-0.25, -0.2) is 0 Å². The quantitative estimate of drug-likeness (QED) is 0.621. The molecule has 0 nitrogen and oxygen atoms in total. The zero-order valence-electron chi connectivity index (χ0n) is 10.1. The van der Waals surface area contributed by atoms with Crippen LogP contribution >= 0.6 is 12.6 Å². The van der Waals surface area contributed by atoms with E-state index in [0.29, 0.717) is 5.41 Å². The first-order valence-corrected chi connectivity index (χ1v) is 5.86. The van der Waals surface area contributed by atoms with Crippen molar-refractivity contribution in [2.45, 2.75) is 65.6 Å². The van der Waals surface area contributed by atoms with Gasteiger partial charge in [0.15, 0.2) is 0 Å². The second kappa shape index (κ2) is 4.72. The lowest BCUT2D eigenvalue weighted by atomic mass is 9.72. The maximum atomic E-state index is 4.61. The summed E-state index contributed by atoms with van der Waals surface area (Å²) < 4.78 is 0.158. The van der Waals surface area contributed by atoms with Gasteiger partial charge >= 0.3 is 0 Å². The molecule has 0 saturated carbocycles. The van der Waals surface area contributed by atoms with E-state index in [1.165, 1.54) is 19.3 Å². The van der Waals surface area contributed by atoms with Crippen LogP contribution in [-0.2, 0) is 0 Å². The summed E-state index contributed by atoms with van der Waals surface area (Å²) in [6.45, 7) is 13.8. The van der Waals surface area contributed by atoms with Crippen molar-refractivity contribution in [3.05, 3.63) is 0 Å². The predicted octanol–water partition coefficient (Wildman–Crippen LogP) is 4.55. The highest BCUT2D eigenvalue weighted by Crippen LogP contribution is 2.39. The van der Waals surface area contributed by atoms with Gasteiger partial charge in [-0.05, 0) is 17.8 Å². The molecule has 0 fully saturated rings. The van der Waals surface area contributed by atoms with Gasteiger partial charge in [-0.15, -0.1) is 0 Å². The zero-order chi connectivity index (χ0) is 10.7. The molecule has 0 aromatic heterocycles. The Balaban J connectivity index is 4.21. The van der Waals surface area contributed by atoms with Crippen molar-refractivity contribution in [3.8, 4) is 0 Å². The van der Waals surface area contributed by atoms with Crippen molar-refractivity contribution in [2.75, 3.05) is 0 Å². The third-order valence-corrected chi connectivity index (χ3v) is 3.10. The van der Waals surface area contributed by atoms with Gasteiger partial charge in [-0.2, -0.15) is 12.6 Å². The fourth-order valence-corrected chi connectivity index (χ4v) is 2.52. The lowest BCUT2D eigenvalue weighted by Gasteiger charge is -2.37. The second-order valence-corrected chi connectivity index (χ2v) is 6.88. The van der Waals surface area contributed by atoms with Gasteiger partial charge < -0.3 is 0 Å². The normalized spacial score (nSPS) is 15.9. The molecule has 0 heterocycles. The lowest BCUT2D eigenvalue weighted by molar-refractivity contribution is 0.184. The van der Waals surface area contributed by atoms with Crippen LogP contribution in [0.5, 0.6) is 0 Å². The van der Waals surface area contributed by atoms with E-state index >= 15 is 0 Å². The van der Waals surface area contributed by atoms with E-state index < -0.39 is 0 Å². The van der Waals surface area contributed by atoms with E-state index in [1.807, 2.05) is 0 Å². The van der Waals surface area contributed by atoms with Gasteiger partial charge in [-0.1, -0.05) is 54.4 Å². The summed E-state index contributed by atoms with van der Waals surface area (Å²) in [5, 5.41) is 0. The molecule has 0 aromatic carbocycles. The van der Waals surface area contributed by atoms with Crippen molar-refractivity contribution < 1.29 is 0 Å². The molecule has 0 saturated heterocycles. The molecule has 0 bridgehead atoms. The summed E-state index contributed by atoms with van der Waals surface area (Å²) in [4.78, 5) is 0. The topological polar surface area (TPSA) is 0 Å². The van der Waals surface area contributed by atoms with Gasteiger partial charge in [0.25, 0.3) is 0 Å². The average molecular weight is 202 g/mol. The highest BCUT2D eigenvalue weighted by molar-refractivity contribution is 7.81. The maximum Gasteiger partial charge on any atom is 0.00783 e. The van der Waals surface area contributed by atoms with Crippen LogP contribution in [0.2, 0.25) is 0 Å². The molecule has 0 aliphatic carbocycles. The Morgan fingerprint density at radius 2 is 1.62 bits per heavy atom. The Morgan fingerprint density at radius 1 is 1.15 bits per heavy atom. The molecule has 13 heavy (non-hydrogen) atoms. The Bertz CT molecular complexity index is 142. The highest BCUT2D eigenvalue weighted by Gasteiger charge is 2.30. The Hall–Kier alpha value is 0.350. The Morgan fingerprint density at radius 3 is 1.92 bits per heavy atom. The minimum atomic E-state index is 0.158. The summed E-state index contributed by atoms with van der Waals surface area (Å²) >= 11 is 4.61. The molecule has 1 atom stereocenters. The third kappa shape index (κ3) is 5.61. The van der Waals surface area contributed by atoms with E-state index in [2.05, 4.69) is 54.2 Å². The van der Waals surface area contributed by atoms with Crippen LogP contribution in [0.3, 0.4) is 0 Å². The summed E-state index contributed by atoms with van der Waals surface area (Å²) in [6.07, 6.45) is 3.80. The maximum absolute atomic E-state index is 4.61. The molecule has 80 valence electrons. The Kier molecular flexibility index (Phi) is 4.85. The molecule has 0 aromatic rings. The van der Waals surface area contributed by atoms with Crippen molar-refractivity contribution in [1.29, 1.82) is 0 Å². The summed E-state index contributed by atoms with van der Waals surface area (Å²) in [5.74, 6) is 0.795. The summed E-state index contributed by atoms with van der Waals surface area (Å²) in [6, 6.07) is 0. The van der Waals surface area contributed by atoms with Crippen molar-refractivity contribution in [2.24, 2.45) is 11.3 Å². The molecule has 0 aliphatic heterocycles. The number of hydrogen-bond donors (Lipinski definition) is 1. The predicted molar refractivity (Wildman–Crippen MR) is 65.5 cm³/mol. The lowest BCUT2D eigenvalue weighted by Crippen LogP contribution is -2.29. The van der Waals surface area contributed by atoms with Gasteiger partial charge in [-0.3, -0.25) is 0 Å². The van der Waals surface area contributed by atoms with Crippen LogP contribution in [0.15, 0.2) is 0 Å². The molecule has 0 spiro atoms. The van der Waals surface area contributed by atoms with Crippen LogP contribution in [0.1, 0.15) is 60.8 Å². The first kappa shape index (κ1) is 13.4. The molecule has 0 rings (SSSR count). The number of rotatable bonds is 5. The zero-order valence-corrected chi connectivity index (χ0v) is 11.0. The summed E-state index contributed by atoms with van der Waals surface area (Å²) in [7, 11) is 0. The fourth-order valence-electron chi connectivity index (χ4n) is 2.11. The molecule has 0 aliphatic rings. The van der Waals surface area contributed by atoms with Gasteiger partial charge in [0.2, 0.25) is 0 Å². The highest BCUT2D eigenvalue weighted by atomic mass is 32.1. The minimum Gasteiger partial charge on any atom is -0.173 e. The third-order valence-electron chi connectivity index (χ3n) is 2.94. The largest absolute Gasteiger partial charge is 0.173 e. The smallest absolute Gasteiger partial charge is 0.00783 e. The monoisotopic (exact) mass is 202 g/mol. The van der Waals surface area contributed by atoms with Crippen LogP contribution in [0.25, 0.3) is 0 Å². The van der Waals surface area contributed by atoms with Gasteiger partial charge in [0.05, 0.1) is 0 Å². The standard InChI is InChI=1S/C12H26S/c1-7-8-10(2)11(3,4)9-12(5,6)13/h10,13H,7-9H2,1-6H3. The SMILES string of the molecule is CCCC(C)C(C)(C)CC(C)(C)S. The molecular weight excluding hydrogens is 176 g/mol. The van der Waals surface area contributed by atoms with Crippen molar-refractivity contribution in [1.82, 2.24) is 0 Å². The molecule has 1 heteroatoms. The van der Waals surface area contributed by atoms with Gasteiger partial charge in [0.1, 0.15) is 0 Å². The molecule has 0 N–H and O–H groups in total. The second-order valence-electron chi connectivity index (χ2n) is 5.67. The van der Waals surface area contributed by atoms with Crippen molar-refractivity contribution >= 4 is 12.6 Å². The van der Waals surface area contributed by atoms with Crippen LogP contribution in [-0.4, -0.2) is 4.75 Å². The van der Waals surface area contributed by atoms with E-state index in [1.54, 1.807) is 0 Å². The molecule has 0 radical (unpaired) electrons. The van der Waals surface area contributed by atoms with Gasteiger partial charge in [0, 0.05) is 4.75 Å². The van der Waals surface area contributed by atoms with E-state index in [0.717, 1.165) is 5.92 Å². The van der Waals surface area contributed by atoms with Crippen LogP contribution < -0.4 is 0 Å². The van der Waals surface area contributed by atoms with E-state index in [-0.39, 0.29) is 4.75 Å². The first-order chi connectivity index (χ1) is 5.69. The molecular formula is C12H26S. The first-order valence-electron chi connectivity index (χ1n) is 5.41. The number of thiol groups is 1. The minimum absolute atomic E-state index is 0.158. The average Bonchev–Trinajstić information content (AvgIpc) is 1.82.